The Bertz CT molecular complexity index is 1070. The summed E-state index contributed by atoms with van der Waals surface area (Å²) in [5, 5.41) is 1.46. The van der Waals surface area contributed by atoms with Gasteiger partial charge in [-0.3, -0.25) is 4.90 Å². The van der Waals surface area contributed by atoms with Gasteiger partial charge in [-0.15, -0.1) is 5.54 Å². The summed E-state index contributed by atoms with van der Waals surface area (Å²) in [6.07, 6.45) is 3.38. The second kappa shape index (κ2) is 10.0. The van der Waals surface area contributed by atoms with Crippen LogP contribution >= 0.6 is 11.8 Å². The van der Waals surface area contributed by atoms with Gasteiger partial charge in [-0.2, -0.15) is 0 Å². The van der Waals surface area contributed by atoms with Gasteiger partial charge in [-0.05, 0) is 34.9 Å². The largest absolute Gasteiger partial charge is 0.447 e. The van der Waals surface area contributed by atoms with Gasteiger partial charge in [-0.1, -0.05) is 73.1 Å². The van der Waals surface area contributed by atoms with Crippen LogP contribution in [-0.2, 0) is 4.74 Å². The lowest BCUT2D eigenvalue weighted by Gasteiger charge is -2.38. The van der Waals surface area contributed by atoms with Crippen LogP contribution in [0.15, 0.2) is 17.4 Å². The van der Waals surface area contributed by atoms with Gasteiger partial charge in [-0.25, -0.2) is 19.7 Å². The van der Waals surface area contributed by atoms with Gasteiger partial charge in [0.05, 0.1) is 11.4 Å². The van der Waals surface area contributed by atoms with Crippen LogP contribution < -0.4 is 4.90 Å². The van der Waals surface area contributed by atoms with Gasteiger partial charge in [0.25, 0.3) is 0 Å². The number of amides is 1. The van der Waals surface area contributed by atoms with Crippen LogP contribution in [0.3, 0.4) is 0 Å². The molecule has 1 saturated heterocycles. The Morgan fingerprint density at radius 3 is 2.27 bits per heavy atom. The third-order valence-electron chi connectivity index (χ3n) is 6.92. The summed E-state index contributed by atoms with van der Waals surface area (Å²) in [6, 6.07) is 1.85. The molecule has 1 aliphatic rings. The normalized spacial score (nSPS) is 16.8. The van der Waals surface area contributed by atoms with Crippen LogP contribution in [0.4, 0.5) is 10.6 Å². The fraction of sp³-hybridized carbons (Fsp3) is 0.600. The van der Waals surface area contributed by atoms with Crippen molar-refractivity contribution in [3.05, 3.63) is 17.8 Å². The molecule has 178 valence electrons. The van der Waals surface area contributed by atoms with Crippen molar-refractivity contribution < 1.29 is 9.53 Å². The molecular weight excluding hydrogens is 448 g/mol. The number of carbonyl (C=O) groups is 1. The molecule has 3 heterocycles. The molecule has 0 aliphatic carbocycles. The van der Waals surface area contributed by atoms with Gasteiger partial charge in [0.15, 0.2) is 10.8 Å². The average Bonchev–Trinajstić information content (AvgIpc) is 3.14. The predicted octanol–water partition coefficient (Wildman–Crippen LogP) is 6.30. The van der Waals surface area contributed by atoms with E-state index in [0.717, 1.165) is 10.9 Å². The lowest BCUT2D eigenvalue weighted by atomic mass is 10.0. The van der Waals surface area contributed by atoms with E-state index in [2.05, 4.69) is 76.8 Å². The SMILES string of the molecule is CSc1ncc2c(C#C[Si](C(C)C)(C(C)C)C(C)C)cc(N3C(=O)OC[C@@H]3C(C)C)nc2n1. The molecule has 2 aromatic rings. The lowest BCUT2D eigenvalue weighted by molar-refractivity contribution is 0.177. The Balaban J connectivity index is 2.26. The second-order valence-electron chi connectivity index (χ2n) is 10.0. The van der Waals surface area contributed by atoms with Gasteiger partial charge in [0.1, 0.15) is 20.5 Å². The van der Waals surface area contributed by atoms with Crippen molar-refractivity contribution in [2.45, 2.75) is 83.2 Å². The Kier molecular flexibility index (Phi) is 7.75. The molecule has 33 heavy (non-hydrogen) atoms. The number of hydrogen-bond acceptors (Lipinski definition) is 6. The first-order valence-corrected chi connectivity index (χ1v) is 15.2. The number of rotatable bonds is 6. The summed E-state index contributed by atoms with van der Waals surface area (Å²) in [6.45, 7) is 18.4. The molecule has 6 nitrogen and oxygen atoms in total. The number of aromatic nitrogens is 3. The maximum atomic E-state index is 12.6. The molecule has 1 fully saturated rings. The number of hydrogen-bond donors (Lipinski definition) is 0. The van der Waals surface area contributed by atoms with Crippen molar-refractivity contribution in [3.63, 3.8) is 0 Å². The summed E-state index contributed by atoms with van der Waals surface area (Å²) in [5.74, 6) is 4.32. The van der Waals surface area contributed by atoms with E-state index in [9.17, 15) is 4.79 Å². The van der Waals surface area contributed by atoms with E-state index in [1.165, 1.54) is 11.8 Å². The Morgan fingerprint density at radius 1 is 1.09 bits per heavy atom. The van der Waals surface area contributed by atoms with E-state index in [0.29, 0.717) is 39.9 Å². The van der Waals surface area contributed by atoms with E-state index in [1.54, 1.807) is 11.1 Å². The fourth-order valence-corrected chi connectivity index (χ4v) is 10.7. The first-order chi connectivity index (χ1) is 15.5. The van der Waals surface area contributed by atoms with E-state index < -0.39 is 8.07 Å². The number of ether oxygens (including phenoxy) is 1. The summed E-state index contributed by atoms with van der Waals surface area (Å²) >= 11 is 1.47. The van der Waals surface area contributed by atoms with Gasteiger partial charge >= 0.3 is 6.09 Å². The highest BCUT2D eigenvalue weighted by Gasteiger charge is 2.42. The average molecular weight is 485 g/mol. The maximum Gasteiger partial charge on any atom is 0.415 e. The molecule has 2 aromatic heterocycles. The van der Waals surface area contributed by atoms with Crippen LogP contribution in [0.1, 0.15) is 61.0 Å². The quantitative estimate of drug-likeness (QED) is 0.207. The third-order valence-corrected chi connectivity index (χ3v) is 13.8. The topological polar surface area (TPSA) is 68.2 Å². The monoisotopic (exact) mass is 484 g/mol. The molecule has 0 bridgehead atoms. The highest BCUT2D eigenvalue weighted by atomic mass is 32.2. The molecule has 0 unspecified atom stereocenters. The summed E-state index contributed by atoms with van der Waals surface area (Å²) in [7, 11) is -1.94. The first-order valence-electron chi connectivity index (χ1n) is 11.7. The zero-order chi connectivity index (χ0) is 24.5. The first kappa shape index (κ1) is 25.5. The Morgan fingerprint density at radius 2 is 1.73 bits per heavy atom. The fourth-order valence-electron chi connectivity index (χ4n) is 5.10. The number of cyclic esters (lactones) is 1. The van der Waals surface area contributed by atoms with Crippen molar-refractivity contribution >= 4 is 42.8 Å². The highest BCUT2D eigenvalue weighted by Crippen LogP contribution is 2.41. The summed E-state index contributed by atoms with van der Waals surface area (Å²) in [5.41, 5.74) is 6.75. The standard InChI is InChI=1S/C25H36N4O2SSi/c1-15(2)21-14-31-25(30)29(21)22-12-19(20-13-26-24(32-9)28-23(20)27-22)10-11-33(16(3)4,17(5)6)18(7)8/h12-13,15-18,21H,14H2,1-9H3/t21-/m1/s1. The molecule has 0 radical (unpaired) electrons. The van der Waals surface area contributed by atoms with E-state index in [4.69, 9.17) is 9.72 Å². The number of anilines is 1. The molecule has 1 amide bonds. The highest BCUT2D eigenvalue weighted by molar-refractivity contribution is 7.98. The molecule has 1 atom stereocenters. The van der Waals surface area contributed by atoms with Crippen molar-refractivity contribution in [2.75, 3.05) is 17.8 Å². The van der Waals surface area contributed by atoms with Crippen LogP contribution in [-0.4, -0.2) is 48.0 Å². The number of pyridine rings is 1. The smallest absolute Gasteiger partial charge is 0.415 e. The number of carbonyl (C=O) groups excluding carboxylic acids is 1. The zero-order valence-corrected chi connectivity index (χ0v) is 23.1. The van der Waals surface area contributed by atoms with E-state index in [1.807, 2.05) is 12.3 Å². The van der Waals surface area contributed by atoms with E-state index >= 15 is 0 Å². The van der Waals surface area contributed by atoms with Gasteiger partial charge < -0.3 is 4.74 Å². The zero-order valence-electron chi connectivity index (χ0n) is 21.3. The van der Waals surface area contributed by atoms with E-state index in [-0.39, 0.29) is 18.1 Å². The summed E-state index contributed by atoms with van der Waals surface area (Å²) in [4.78, 5) is 28.2. The molecule has 3 rings (SSSR count). The number of thioether (sulfide) groups is 1. The van der Waals surface area contributed by atoms with Crippen LogP contribution in [0.5, 0.6) is 0 Å². The lowest BCUT2D eigenvalue weighted by Crippen LogP contribution is -2.43. The third kappa shape index (κ3) is 4.76. The minimum atomic E-state index is -1.94. The second-order valence-corrected chi connectivity index (χ2v) is 16.4. The predicted molar refractivity (Wildman–Crippen MR) is 139 cm³/mol. The number of fused-ring (bicyclic) bond motifs is 1. The van der Waals surface area contributed by atoms with Crippen LogP contribution in [0, 0.1) is 17.4 Å². The van der Waals surface area contributed by atoms with Gasteiger partial charge in [0, 0.05) is 11.8 Å². The van der Waals surface area contributed by atoms with Crippen molar-refractivity contribution in [1.29, 1.82) is 0 Å². The van der Waals surface area contributed by atoms with Crippen LogP contribution in [0.25, 0.3) is 11.0 Å². The van der Waals surface area contributed by atoms with Crippen LogP contribution in [0.2, 0.25) is 16.6 Å². The molecule has 0 spiro atoms. The van der Waals surface area contributed by atoms with Gasteiger partial charge in [0.2, 0.25) is 0 Å². The van der Waals surface area contributed by atoms with Crippen molar-refractivity contribution in [1.82, 2.24) is 15.0 Å². The molecule has 1 aliphatic heterocycles. The molecule has 0 aromatic carbocycles. The molecule has 8 heteroatoms. The molecular formula is C25H36N4O2SSi. The Labute approximate surface area is 203 Å². The van der Waals surface area contributed by atoms with Crippen molar-refractivity contribution in [3.8, 4) is 11.5 Å². The summed E-state index contributed by atoms with van der Waals surface area (Å²) < 4.78 is 5.38. The minimum absolute atomic E-state index is 0.0689. The minimum Gasteiger partial charge on any atom is -0.447 e. The Hall–Kier alpha value is -2.11. The van der Waals surface area contributed by atoms with Crippen molar-refractivity contribution in [2.24, 2.45) is 5.92 Å². The molecule has 0 saturated carbocycles. The number of nitrogens with zero attached hydrogens (tertiary/aromatic N) is 4. The maximum absolute atomic E-state index is 12.6. The molecule has 0 N–H and O–H groups in total.